The molecule has 2 atom stereocenters. The van der Waals surface area contributed by atoms with E-state index in [2.05, 4.69) is 5.32 Å². The van der Waals surface area contributed by atoms with Crippen molar-refractivity contribution in [2.75, 3.05) is 6.61 Å². The number of benzene rings is 1. The minimum Gasteiger partial charge on any atom is -0.396 e. The van der Waals surface area contributed by atoms with Gasteiger partial charge >= 0.3 is 0 Å². The molecule has 0 aliphatic heterocycles. The molecule has 1 aliphatic rings. The topological polar surface area (TPSA) is 32.3 Å². The molecule has 1 aromatic carbocycles. The molecule has 1 aliphatic carbocycles. The van der Waals surface area contributed by atoms with Crippen LogP contribution < -0.4 is 5.32 Å². The molecule has 2 rings (SSSR count). The van der Waals surface area contributed by atoms with E-state index in [0.29, 0.717) is 29.1 Å². The summed E-state index contributed by atoms with van der Waals surface area (Å²) in [4.78, 5) is 0. The van der Waals surface area contributed by atoms with Crippen LogP contribution in [0.1, 0.15) is 31.2 Å². The Hall–Kier alpha value is -0.640. The van der Waals surface area contributed by atoms with Gasteiger partial charge in [-0.25, -0.2) is 4.39 Å². The van der Waals surface area contributed by atoms with Crippen molar-refractivity contribution >= 4 is 11.6 Å². The van der Waals surface area contributed by atoms with Crippen molar-refractivity contribution in [2.24, 2.45) is 5.92 Å². The van der Waals surface area contributed by atoms with Crippen molar-refractivity contribution < 1.29 is 9.50 Å². The van der Waals surface area contributed by atoms with Gasteiger partial charge in [0.15, 0.2) is 0 Å². The minimum absolute atomic E-state index is 0.209. The van der Waals surface area contributed by atoms with Crippen LogP contribution in [0.5, 0.6) is 0 Å². The van der Waals surface area contributed by atoms with Gasteiger partial charge in [0.25, 0.3) is 0 Å². The Labute approximate surface area is 112 Å². The van der Waals surface area contributed by atoms with Gasteiger partial charge in [-0.15, -0.1) is 0 Å². The summed E-state index contributed by atoms with van der Waals surface area (Å²) in [6.45, 7) is 0.699. The summed E-state index contributed by atoms with van der Waals surface area (Å²) in [5.74, 6) is 0.0282. The van der Waals surface area contributed by atoms with Gasteiger partial charge in [0.05, 0.1) is 0 Å². The van der Waals surface area contributed by atoms with E-state index in [1.54, 1.807) is 12.1 Å². The lowest BCUT2D eigenvalue weighted by Gasteiger charge is -2.31. The third-order valence-corrected chi connectivity index (χ3v) is 3.95. The highest BCUT2D eigenvalue weighted by atomic mass is 35.5. The Balaban J connectivity index is 1.93. The Bertz CT molecular complexity index is 399. The first-order chi connectivity index (χ1) is 8.70. The molecule has 100 valence electrons. The van der Waals surface area contributed by atoms with E-state index >= 15 is 0 Å². The molecule has 0 bridgehead atoms. The zero-order chi connectivity index (χ0) is 13.0. The molecule has 2 N–H and O–H groups in total. The van der Waals surface area contributed by atoms with E-state index in [9.17, 15) is 9.50 Å². The van der Waals surface area contributed by atoms with Gasteiger partial charge < -0.3 is 10.4 Å². The summed E-state index contributed by atoms with van der Waals surface area (Å²) in [5, 5.41) is 13.1. The van der Waals surface area contributed by atoms with Crippen LogP contribution >= 0.6 is 11.6 Å². The lowest BCUT2D eigenvalue weighted by Crippen LogP contribution is -2.39. The molecular formula is C14H19ClFNO. The first-order valence-electron chi connectivity index (χ1n) is 6.49. The Morgan fingerprint density at radius 1 is 1.33 bits per heavy atom. The predicted molar refractivity (Wildman–Crippen MR) is 71.1 cm³/mol. The smallest absolute Gasteiger partial charge is 0.129 e. The minimum atomic E-state index is -0.272. The molecule has 0 amide bonds. The van der Waals surface area contributed by atoms with Crippen LogP contribution in [0.2, 0.25) is 5.02 Å². The van der Waals surface area contributed by atoms with Crippen LogP contribution in [0.4, 0.5) is 4.39 Å². The summed E-state index contributed by atoms with van der Waals surface area (Å²) in [5.41, 5.74) is 0.627. The zero-order valence-electron chi connectivity index (χ0n) is 10.3. The molecule has 1 saturated carbocycles. The summed E-state index contributed by atoms with van der Waals surface area (Å²) >= 11 is 5.72. The molecule has 0 spiro atoms. The number of halogens is 2. The maximum absolute atomic E-state index is 13.6. The summed E-state index contributed by atoms with van der Waals surface area (Å²) in [6, 6.07) is 5.04. The standard InChI is InChI=1S/C14H19ClFNO/c15-12-6-5-10(13(16)7-12)8-17-14-4-2-1-3-11(14)9-18/h5-7,11,14,17-18H,1-4,8-9H2. The maximum atomic E-state index is 13.6. The SMILES string of the molecule is OCC1CCCCC1NCc1ccc(Cl)cc1F. The third kappa shape index (κ3) is 3.44. The van der Waals surface area contributed by atoms with E-state index in [1.807, 2.05) is 0 Å². The Morgan fingerprint density at radius 3 is 2.83 bits per heavy atom. The van der Waals surface area contributed by atoms with Gasteiger partial charge in [0.1, 0.15) is 5.82 Å². The molecule has 1 aromatic rings. The number of rotatable bonds is 4. The second-order valence-electron chi connectivity index (χ2n) is 4.95. The van der Waals surface area contributed by atoms with E-state index in [0.717, 1.165) is 12.8 Å². The van der Waals surface area contributed by atoms with E-state index in [1.165, 1.54) is 18.9 Å². The molecule has 0 radical (unpaired) electrons. The van der Waals surface area contributed by atoms with Gasteiger partial charge in [-0.2, -0.15) is 0 Å². The highest BCUT2D eigenvalue weighted by molar-refractivity contribution is 6.30. The maximum Gasteiger partial charge on any atom is 0.129 e. The largest absolute Gasteiger partial charge is 0.396 e. The second kappa shape index (κ2) is 6.50. The van der Waals surface area contributed by atoms with Gasteiger partial charge in [-0.05, 0) is 30.9 Å². The molecule has 0 saturated heterocycles. The lowest BCUT2D eigenvalue weighted by molar-refractivity contribution is 0.152. The summed E-state index contributed by atoms with van der Waals surface area (Å²) < 4.78 is 13.6. The van der Waals surface area contributed by atoms with Crippen molar-refractivity contribution in [2.45, 2.75) is 38.3 Å². The van der Waals surface area contributed by atoms with Crippen molar-refractivity contribution in [3.05, 3.63) is 34.6 Å². The highest BCUT2D eigenvalue weighted by Crippen LogP contribution is 2.24. The van der Waals surface area contributed by atoms with Crippen molar-refractivity contribution in [1.82, 2.24) is 5.32 Å². The molecule has 4 heteroatoms. The predicted octanol–water partition coefficient (Wildman–Crippen LogP) is 3.12. The van der Waals surface area contributed by atoms with Crippen LogP contribution in [0.3, 0.4) is 0 Å². The van der Waals surface area contributed by atoms with E-state index < -0.39 is 0 Å². The van der Waals surface area contributed by atoms with Crippen LogP contribution in [-0.4, -0.2) is 17.8 Å². The quantitative estimate of drug-likeness (QED) is 0.882. The van der Waals surface area contributed by atoms with E-state index in [-0.39, 0.29) is 12.4 Å². The first-order valence-corrected chi connectivity index (χ1v) is 6.86. The average Bonchev–Trinajstić information content (AvgIpc) is 2.38. The highest BCUT2D eigenvalue weighted by Gasteiger charge is 2.23. The van der Waals surface area contributed by atoms with Crippen molar-refractivity contribution in [1.29, 1.82) is 0 Å². The molecule has 0 heterocycles. The molecule has 2 unspecified atom stereocenters. The molecule has 1 fully saturated rings. The van der Waals surface area contributed by atoms with Crippen LogP contribution in [0.25, 0.3) is 0 Å². The number of hydrogen-bond acceptors (Lipinski definition) is 2. The third-order valence-electron chi connectivity index (χ3n) is 3.71. The fraction of sp³-hybridized carbons (Fsp3) is 0.571. The number of aliphatic hydroxyl groups is 1. The Kier molecular flexibility index (Phi) is 4.98. The number of nitrogens with one attached hydrogen (secondary N) is 1. The molecular weight excluding hydrogens is 253 g/mol. The summed E-state index contributed by atoms with van der Waals surface area (Å²) in [7, 11) is 0. The number of aliphatic hydroxyl groups excluding tert-OH is 1. The monoisotopic (exact) mass is 271 g/mol. The average molecular weight is 272 g/mol. The van der Waals surface area contributed by atoms with Crippen LogP contribution in [0.15, 0.2) is 18.2 Å². The lowest BCUT2D eigenvalue weighted by atomic mass is 9.85. The van der Waals surface area contributed by atoms with E-state index in [4.69, 9.17) is 11.6 Å². The number of hydrogen-bond donors (Lipinski definition) is 2. The molecule has 0 aromatic heterocycles. The molecule has 2 nitrogen and oxygen atoms in total. The van der Waals surface area contributed by atoms with Gasteiger partial charge in [0, 0.05) is 29.8 Å². The normalized spacial score (nSPS) is 24.2. The fourth-order valence-corrected chi connectivity index (χ4v) is 2.76. The van der Waals surface area contributed by atoms with Crippen molar-refractivity contribution in [3.63, 3.8) is 0 Å². The molecule has 18 heavy (non-hydrogen) atoms. The Morgan fingerprint density at radius 2 is 2.11 bits per heavy atom. The summed E-state index contributed by atoms with van der Waals surface area (Å²) in [6.07, 6.45) is 4.47. The van der Waals surface area contributed by atoms with Gasteiger partial charge in [-0.3, -0.25) is 0 Å². The van der Waals surface area contributed by atoms with Crippen LogP contribution in [-0.2, 0) is 6.54 Å². The van der Waals surface area contributed by atoms with Gasteiger partial charge in [-0.1, -0.05) is 30.5 Å². The van der Waals surface area contributed by atoms with Crippen molar-refractivity contribution in [3.8, 4) is 0 Å². The van der Waals surface area contributed by atoms with Crippen LogP contribution in [0, 0.1) is 11.7 Å². The fourth-order valence-electron chi connectivity index (χ4n) is 2.60. The first kappa shape index (κ1) is 13.8. The zero-order valence-corrected chi connectivity index (χ0v) is 11.1. The second-order valence-corrected chi connectivity index (χ2v) is 5.39. The van der Waals surface area contributed by atoms with Gasteiger partial charge in [0.2, 0.25) is 0 Å².